The molecule has 2 aromatic rings. The molecule has 5 nitrogen and oxygen atoms in total. The van der Waals surface area contributed by atoms with Gasteiger partial charge in [0.25, 0.3) is 5.89 Å². The average molecular weight is 326 g/mol. The van der Waals surface area contributed by atoms with Crippen LogP contribution in [-0.2, 0) is 6.42 Å². The van der Waals surface area contributed by atoms with Gasteiger partial charge in [0.15, 0.2) is 5.82 Å². The van der Waals surface area contributed by atoms with E-state index in [9.17, 15) is 0 Å². The van der Waals surface area contributed by atoms with Crippen LogP contribution in [0.3, 0.4) is 0 Å². The molecule has 0 aliphatic carbocycles. The Labute approximate surface area is 120 Å². The molecule has 0 aliphatic rings. The van der Waals surface area contributed by atoms with Gasteiger partial charge in [-0.2, -0.15) is 4.98 Å². The van der Waals surface area contributed by atoms with Crippen molar-refractivity contribution in [2.45, 2.75) is 25.8 Å². The van der Waals surface area contributed by atoms with Gasteiger partial charge in [0.05, 0.1) is 12.7 Å². The Hall–Kier alpha value is -1.40. The van der Waals surface area contributed by atoms with E-state index in [4.69, 9.17) is 15.0 Å². The molecule has 0 amide bonds. The van der Waals surface area contributed by atoms with Gasteiger partial charge in [0.2, 0.25) is 0 Å². The average Bonchev–Trinajstić information content (AvgIpc) is 2.87. The predicted molar refractivity (Wildman–Crippen MR) is 76.0 cm³/mol. The van der Waals surface area contributed by atoms with Crippen LogP contribution in [0.4, 0.5) is 0 Å². The lowest BCUT2D eigenvalue weighted by atomic mass is 10.1. The molecule has 0 radical (unpaired) electrons. The van der Waals surface area contributed by atoms with Crippen LogP contribution < -0.4 is 10.5 Å². The molecule has 1 aromatic heterocycles. The van der Waals surface area contributed by atoms with Crippen LogP contribution in [0, 0.1) is 0 Å². The Kier molecular flexibility index (Phi) is 4.55. The molecule has 1 aromatic carbocycles. The summed E-state index contributed by atoms with van der Waals surface area (Å²) in [6.07, 6.45) is 1.49. The van der Waals surface area contributed by atoms with Crippen molar-refractivity contribution in [2.75, 3.05) is 7.11 Å². The Morgan fingerprint density at radius 1 is 1.47 bits per heavy atom. The van der Waals surface area contributed by atoms with Crippen LogP contribution in [-0.4, -0.2) is 23.3 Å². The molecular weight excluding hydrogens is 310 g/mol. The van der Waals surface area contributed by atoms with Gasteiger partial charge in [0.1, 0.15) is 5.75 Å². The maximum Gasteiger partial charge on any atom is 0.259 e. The highest BCUT2D eigenvalue weighted by Gasteiger charge is 2.14. The lowest BCUT2D eigenvalue weighted by molar-refractivity contribution is 0.411. The van der Waals surface area contributed by atoms with E-state index in [2.05, 4.69) is 26.1 Å². The van der Waals surface area contributed by atoms with Gasteiger partial charge in [-0.25, -0.2) is 0 Å². The summed E-state index contributed by atoms with van der Waals surface area (Å²) in [7, 11) is 1.62. The fourth-order valence-electron chi connectivity index (χ4n) is 1.62. The topological polar surface area (TPSA) is 74.2 Å². The molecule has 0 fully saturated rings. The first-order chi connectivity index (χ1) is 9.13. The zero-order chi connectivity index (χ0) is 13.8. The smallest absolute Gasteiger partial charge is 0.259 e. The molecule has 0 aliphatic heterocycles. The Morgan fingerprint density at radius 2 is 2.26 bits per heavy atom. The van der Waals surface area contributed by atoms with Gasteiger partial charge in [-0.05, 0) is 40.5 Å². The van der Waals surface area contributed by atoms with Gasteiger partial charge in [-0.15, -0.1) is 0 Å². The second-order valence-electron chi connectivity index (χ2n) is 4.23. The summed E-state index contributed by atoms with van der Waals surface area (Å²) < 4.78 is 11.3. The highest BCUT2D eigenvalue weighted by molar-refractivity contribution is 9.10. The first-order valence-electron chi connectivity index (χ1n) is 6.06. The van der Waals surface area contributed by atoms with Crippen LogP contribution in [0.2, 0.25) is 0 Å². The van der Waals surface area contributed by atoms with Gasteiger partial charge in [-0.3, -0.25) is 0 Å². The van der Waals surface area contributed by atoms with Crippen LogP contribution >= 0.6 is 15.9 Å². The fraction of sp³-hybridized carbons (Fsp3) is 0.385. The highest BCUT2D eigenvalue weighted by atomic mass is 79.9. The SMILES string of the molecule is CCC(N)Cc1noc(-c2cc(OC)ccc2Br)n1. The third-order valence-electron chi connectivity index (χ3n) is 2.84. The number of methoxy groups -OCH3 is 1. The Bertz CT molecular complexity index is 557. The molecule has 6 heteroatoms. The zero-order valence-electron chi connectivity index (χ0n) is 10.9. The first kappa shape index (κ1) is 14.0. The summed E-state index contributed by atoms with van der Waals surface area (Å²) in [6, 6.07) is 5.65. The molecule has 2 N–H and O–H groups in total. The molecular formula is C13H16BrN3O2. The van der Waals surface area contributed by atoms with E-state index in [1.807, 2.05) is 25.1 Å². The van der Waals surface area contributed by atoms with E-state index < -0.39 is 0 Å². The number of benzene rings is 1. The van der Waals surface area contributed by atoms with Crippen LogP contribution in [0.5, 0.6) is 5.75 Å². The number of ether oxygens (including phenoxy) is 1. The molecule has 102 valence electrons. The number of hydrogen-bond acceptors (Lipinski definition) is 5. The van der Waals surface area contributed by atoms with E-state index in [-0.39, 0.29) is 6.04 Å². The largest absolute Gasteiger partial charge is 0.497 e. The number of hydrogen-bond donors (Lipinski definition) is 1. The molecule has 0 spiro atoms. The second-order valence-corrected chi connectivity index (χ2v) is 5.09. The van der Waals surface area contributed by atoms with Crippen molar-refractivity contribution in [3.8, 4) is 17.2 Å². The minimum atomic E-state index is 0.0548. The van der Waals surface area contributed by atoms with Gasteiger partial charge in [0, 0.05) is 16.9 Å². The molecule has 19 heavy (non-hydrogen) atoms. The number of rotatable bonds is 5. The van der Waals surface area contributed by atoms with Crippen molar-refractivity contribution in [1.82, 2.24) is 10.1 Å². The molecule has 1 atom stereocenters. The summed E-state index contributed by atoms with van der Waals surface area (Å²) in [6.45, 7) is 2.03. The van der Waals surface area contributed by atoms with Gasteiger partial charge < -0.3 is 15.0 Å². The van der Waals surface area contributed by atoms with Crippen LogP contribution in [0.1, 0.15) is 19.2 Å². The summed E-state index contributed by atoms with van der Waals surface area (Å²) in [5, 5.41) is 3.95. The molecule has 2 rings (SSSR count). The standard InChI is InChI=1S/C13H16BrN3O2/c1-3-8(15)6-12-16-13(19-17-12)10-7-9(18-2)4-5-11(10)14/h4-5,7-8H,3,6,15H2,1-2H3. The zero-order valence-corrected chi connectivity index (χ0v) is 12.5. The maximum absolute atomic E-state index is 5.88. The normalized spacial score (nSPS) is 12.4. The summed E-state index contributed by atoms with van der Waals surface area (Å²) in [4.78, 5) is 4.36. The number of nitrogens with two attached hydrogens (primary N) is 1. The van der Waals surface area contributed by atoms with E-state index in [1.54, 1.807) is 7.11 Å². The molecule has 0 saturated heterocycles. The lowest BCUT2D eigenvalue weighted by Crippen LogP contribution is -2.21. The predicted octanol–water partition coefficient (Wildman–Crippen LogP) is 2.79. The van der Waals surface area contributed by atoms with Crippen molar-refractivity contribution < 1.29 is 9.26 Å². The molecule has 0 saturated carbocycles. The minimum Gasteiger partial charge on any atom is -0.497 e. The van der Waals surface area contributed by atoms with E-state index >= 15 is 0 Å². The Balaban J connectivity index is 2.27. The monoisotopic (exact) mass is 325 g/mol. The Morgan fingerprint density at radius 3 is 2.95 bits per heavy atom. The molecule has 1 unspecified atom stereocenters. The van der Waals surface area contributed by atoms with Crippen molar-refractivity contribution >= 4 is 15.9 Å². The van der Waals surface area contributed by atoms with Gasteiger partial charge in [-0.1, -0.05) is 12.1 Å². The van der Waals surface area contributed by atoms with Crippen molar-refractivity contribution in [3.05, 3.63) is 28.5 Å². The number of halogens is 1. The second kappa shape index (κ2) is 6.16. The van der Waals surface area contributed by atoms with Crippen molar-refractivity contribution in [1.29, 1.82) is 0 Å². The van der Waals surface area contributed by atoms with Crippen molar-refractivity contribution in [3.63, 3.8) is 0 Å². The summed E-state index contributed by atoms with van der Waals surface area (Å²) in [5.74, 6) is 1.83. The number of aromatic nitrogens is 2. The molecule has 0 bridgehead atoms. The number of nitrogens with zero attached hydrogens (tertiary/aromatic N) is 2. The quantitative estimate of drug-likeness (QED) is 0.914. The lowest BCUT2D eigenvalue weighted by Gasteiger charge is -2.03. The fourth-order valence-corrected chi connectivity index (χ4v) is 2.04. The summed E-state index contributed by atoms with van der Waals surface area (Å²) >= 11 is 3.46. The van der Waals surface area contributed by atoms with E-state index in [0.29, 0.717) is 18.1 Å². The van der Waals surface area contributed by atoms with Gasteiger partial charge >= 0.3 is 0 Å². The van der Waals surface area contributed by atoms with E-state index in [0.717, 1.165) is 22.2 Å². The van der Waals surface area contributed by atoms with Crippen LogP contribution in [0.15, 0.2) is 27.2 Å². The third-order valence-corrected chi connectivity index (χ3v) is 3.53. The third kappa shape index (κ3) is 3.33. The minimum absolute atomic E-state index is 0.0548. The van der Waals surface area contributed by atoms with Crippen LogP contribution in [0.25, 0.3) is 11.5 Å². The van der Waals surface area contributed by atoms with E-state index in [1.165, 1.54) is 0 Å². The maximum atomic E-state index is 5.88. The summed E-state index contributed by atoms with van der Waals surface area (Å²) in [5.41, 5.74) is 6.69. The highest BCUT2D eigenvalue weighted by Crippen LogP contribution is 2.30. The first-order valence-corrected chi connectivity index (χ1v) is 6.85. The van der Waals surface area contributed by atoms with Crippen molar-refractivity contribution in [2.24, 2.45) is 5.73 Å². The molecule has 1 heterocycles.